The van der Waals surface area contributed by atoms with Crippen LogP contribution in [0.25, 0.3) is 10.8 Å². The van der Waals surface area contributed by atoms with Crippen LogP contribution in [0.5, 0.6) is 5.75 Å². The molecule has 0 amide bonds. The molecule has 23 heavy (non-hydrogen) atoms. The second-order valence-corrected chi connectivity index (χ2v) is 7.39. The Hall–Kier alpha value is -1.54. The highest BCUT2D eigenvalue weighted by atomic mass is 16.5. The second kappa shape index (κ2) is 7.83. The zero-order valence-electron chi connectivity index (χ0n) is 14.6. The lowest BCUT2D eigenvalue weighted by molar-refractivity contribution is -0.912. The Bertz CT molecular complexity index is 609. The van der Waals surface area contributed by atoms with Gasteiger partial charge in [0.05, 0.1) is 26.2 Å². The molecule has 2 heteroatoms. The van der Waals surface area contributed by atoms with E-state index in [1.165, 1.54) is 43.2 Å². The van der Waals surface area contributed by atoms with Gasteiger partial charge in [0, 0.05) is 17.2 Å². The summed E-state index contributed by atoms with van der Waals surface area (Å²) in [6, 6.07) is 14.8. The maximum atomic E-state index is 6.04. The van der Waals surface area contributed by atoms with E-state index in [1.807, 2.05) is 0 Å². The van der Waals surface area contributed by atoms with Gasteiger partial charge in [-0.1, -0.05) is 50.2 Å². The summed E-state index contributed by atoms with van der Waals surface area (Å²) in [5, 5.41) is 2.48. The van der Waals surface area contributed by atoms with Gasteiger partial charge in [-0.3, -0.25) is 0 Å². The molecular formula is C21H30NO+. The molecule has 0 aromatic heterocycles. The standard InChI is InChI=1S/C21H29NO/c1-17-14-18(2)16-22(15-17)12-5-6-13-23-21-11-7-9-19-8-3-4-10-20(19)21/h3-4,7-11,17-18H,5-6,12-16H2,1-2H3/p+1/t17-,18-/m1/s1. The van der Waals surface area contributed by atoms with Gasteiger partial charge in [0.2, 0.25) is 0 Å². The normalized spacial score (nSPS) is 24.7. The highest BCUT2D eigenvalue weighted by Crippen LogP contribution is 2.25. The van der Waals surface area contributed by atoms with Crippen molar-refractivity contribution in [2.24, 2.45) is 11.8 Å². The lowest BCUT2D eigenvalue weighted by Gasteiger charge is -2.32. The number of quaternary nitrogens is 1. The molecule has 1 saturated heterocycles. The minimum atomic E-state index is 0.826. The lowest BCUT2D eigenvalue weighted by Crippen LogP contribution is -3.14. The Balaban J connectivity index is 1.43. The molecule has 124 valence electrons. The molecule has 2 nitrogen and oxygen atoms in total. The molecule has 2 aromatic rings. The number of likely N-dealkylation sites (tertiary alicyclic amines) is 1. The van der Waals surface area contributed by atoms with Crippen LogP contribution < -0.4 is 9.64 Å². The van der Waals surface area contributed by atoms with E-state index in [1.54, 1.807) is 4.90 Å². The molecule has 0 bridgehead atoms. The molecule has 1 aliphatic rings. The second-order valence-electron chi connectivity index (χ2n) is 7.39. The van der Waals surface area contributed by atoms with Gasteiger partial charge in [-0.25, -0.2) is 0 Å². The molecule has 1 heterocycles. The summed E-state index contributed by atoms with van der Waals surface area (Å²) >= 11 is 0. The molecule has 1 fully saturated rings. The minimum absolute atomic E-state index is 0.826. The average molecular weight is 312 g/mol. The first-order chi connectivity index (χ1) is 11.2. The van der Waals surface area contributed by atoms with E-state index in [9.17, 15) is 0 Å². The van der Waals surface area contributed by atoms with Gasteiger partial charge >= 0.3 is 0 Å². The van der Waals surface area contributed by atoms with Crippen LogP contribution in [0.4, 0.5) is 0 Å². The van der Waals surface area contributed by atoms with Gasteiger partial charge in [-0.05, 0) is 30.7 Å². The van der Waals surface area contributed by atoms with Crippen LogP contribution in [0.1, 0.15) is 33.1 Å². The van der Waals surface area contributed by atoms with Crippen LogP contribution in [0.3, 0.4) is 0 Å². The SMILES string of the molecule is C[C@@H]1C[C@@H](C)C[NH+](CCCCOc2cccc3ccccc23)C1. The number of hydrogen-bond donors (Lipinski definition) is 1. The van der Waals surface area contributed by atoms with Crippen molar-refractivity contribution in [3.05, 3.63) is 42.5 Å². The number of unbranched alkanes of at least 4 members (excludes halogenated alkanes) is 1. The van der Waals surface area contributed by atoms with E-state index in [0.29, 0.717) is 0 Å². The third-order valence-electron chi connectivity index (χ3n) is 5.01. The number of piperidine rings is 1. The molecule has 2 atom stereocenters. The summed E-state index contributed by atoms with van der Waals surface area (Å²) < 4.78 is 6.04. The van der Waals surface area contributed by atoms with Crippen LogP contribution in [0.2, 0.25) is 0 Å². The Morgan fingerprint density at radius 2 is 1.70 bits per heavy atom. The number of ether oxygens (including phenoxy) is 1. The van der Waals surface area contributed by atoms with E-state index in [0.717, 1.165) is 30.6 Å². The maximum Gasteiger partial charge on any atom is 0.127 e. The number of hydrogen-bond acceptors (Lipinski definition) is 1. The molecule has 1 aliphatic heterocycles. The number of nitrogens with one attached hydrogen (secondary N) is 1. The zero-order valence-corrected chi connectivity index (χ0v) is 14.6. The summed E-state index contributed by atoms with van der Waals surface area (Å²) in [6.45, 7) is 9.64. The van der Waals surface area contributed by atoms with Crippen molar-refractivity contribution in [2.75, 3.05) is 26.2 Å². The van der Waals surface area contributed by atoms with Crippen molar-refractivity contribution in [1.82, 2.24) is 0 Å². The summed E-state index contributed by atoms with van der Waals surface area (Å²) in [4.78, 5) is 1.79. The minimum Gasteiger partial charge on any atom is -0.493 e. The van der Waals surface area contributed by atoms with Crippen LogP contribution >= 0.6 is 0 Å². The molecule has 3 rings (SSSR count). The van der Waals surface area contributed by atoms with Gasteiger partial charge in [0.15, 0.2) is 0 Å². The summed E-state index contributed by atoms with van der Waals surface area (Å²) in [5.74, 6) is 2.80. The largest absolute Gasteiger partial charge is 0.493 e. The predicted octanol–water partition coefficient (Wildman–Crippen LogP) is 3.56. The summed E-state index contributed by atoms with van der Waals surface area (Å²) in [5.41, 5.74) is 0. The molecule has 0 unspecified atom stereocenters. The first-order valence-corrected chi connectivity index (χ1v) is 9.16. The average Bonchev–Trinajstić information content (AvgIpc) is 2.54. The van der Waals surface area contributed by atoms with Crippen molar-refractivity contribution in [2.45, 2.75) is 33.1 Å². The Kier molecular flexibility index (Phi) is 5.56. The van der Waals surface area contributed by atoms with Crippen LogP contribution in [-0.2, 0) is 0 Å². The first kappa shape index (κ1) is 16.3. The fraction of sp³-hybridized carbons (Fsp3) is 0.524. The maximum absolute atomic E-state index is 6.04. The predicted molar refractivity (Wildman–Crippen MR) is 97.2 cm³/mol. The Morgan fingerprint density at radius 1 is 0.957 bits per heavy atom. The monoisotopic (exact) mass is 312 g/mol. The first-order valence-electron chi connectivity index (χ1n) is 9.16. The molecule has 0 aliphatic carbocycles. The van der Waals surface area contributed by atoms with E-state index in [4.69, 9.17) is 4.74 Å². The van der Waals surface area contributed by atoms with Crippen LogP contribution in [0.15, 0.2) is 42.5 Å². The summed E-state index contributed by atoms with van der Waals surface area (Å²) in [7, 11) is 0. The molecular weight excluding hydrogens is 282 g/mol. The smallest absolute Gasteiger partial charge is 0.127 e. The number of fused-ring (bicyclic) bond motifs is 1. The number of rotatable bonds is 6. The zero-order chi connectivity index (χ0) is 16.1. The lowest BCUT2D eigenvalue weighted by atomic mass is 9.92. The van der Waals surface area contributed by atoms with E-state index in [2.05, 4.69) is 56.3 Å². The third-order valence-corrected chi connectivity index (χ3v) is 5.01. The van der Waals surface area contributed by atoms with Crippen LogP contribution in [0, 0.1) is 11.8 Å². The van der Waals surface area contributed by atoms with Crippen molar-refractivity contribution in [3.63, 3.8) is 0 Å². The van der Waals surface area contributed by atoms with Gasteiger partial charge in [0.1, 0.15) is 5.75 Å². The highest BCUT2D eigenvalue weighted by molar-refractivity contribution is 5.88. The fourth-order valence-corrected chi connectivity index (χ4v) is 4.11. The van der Waals surface area contributed by atoms with Gasteiger partial charge in [-0.2, -0.15) is 0 Å². The van der Waals surface area contributed by atoms with E-state index in [-0.39, 0.29) is 0 Å². The van der Waals surface area contributed by atoms with E-state index >= 15 is 0 Å². The van der Waals surface area contributed by atoms with Crippen molar-refractivity contribution >= 4 is 10.8 Å². The topological polar surface area (TPSA) is 13.7 Å². The molecule has 0 radical (unpaired) electrons. The van der Waals surface area contributed by atoms with Gasteiger partial charge < -0.3 is 9.64 Å². The highest BCUT2D eigenvalue weighted by Gasteiger charge is 2.24. The summed E-state index contributed by atoms with van der Waals surface area (Å²) in [6.07, 6.45) is 3.82. The van der Waals surface area contributed by atoms with Gasteiger partial charge in [-0.15, -0.1) is 0 Å². The van der Waals surface area contributed by atoms with Crippen molar-refractivity contribution in [3.8, 4) is 5.75 Å². The molecule has 1 N–H and O–H groups in total. The van der Waals surface area contributed by atoms with Gasteiger partial charge in [0.25, 0.3) is 0 Å². The van der Waals surface area contributed by atoms with E-state index < -0.39 is 0 Å². The van der Waals surface area contributed by atoms with Crippen molar-refractivity contribution in [1.29, 1.82) is 0 Å². The Labute approximate surface area is 140 Å². The third kappa shape index (κ3) is 4.48. The molecule has 2 aromatic carbocycles. The van der Waals surface area contributed by atoms with Crippen LogP contribution in [-0.4, -0.2) is 26.2 Å². The molecule has 0 spiro atoms. The molecule has 0 saturated carbocycles. The Morgan fingerprint density at radius 3 is 2.52 bits per heavy atom. The van der Waals surface area contributed by atoms with Crippen molar-refractivity contribution < 1.29 is 9.64 Å². The number of benzene rings is 2. The quantitative estimate of drug-likeness (QED) is 0.805. The fourth-order valence-electron chi connectivity index (χ4n) is 4.11.